The summed E-state index contributed by atoms with van der Waals surface area (Å²) >= 11 is 0. The van der Waals surface area contributed by atoms with E-state index in [2.05, 4.69) is 28.2 Å². The molecule has 4 amide bonds. The molecule has 0 saturated carbocycles. The standard InChI is InChI=1S/C47H67N5O6/c1-4-5-6-7-8-9-10-11-12-13-14-15-16-17-18-22-30-48-44(53)29-28-40-47(56)51-41-33-42(49-45(54)35-57-34-36-24-20-19-21-25-36)43(32-39(41)46(55)50-40)58-38-27-23-26-37(31-38)52(2)3/h19-21,23-27,31-33,40H,4-18,22,28-30,34-35H2,1-3H3,(H,48,53)(H,49,54)(H,50,55)(H,51,56)/t40-/m1/s1. The minimum Gasteiger partial charge on any atom is -0.455 e. The molecular formula is C47H67N5O6. The quantitative estimate of drug-likeness (QED) is 0.0537. The van der Waals surface area contributed by atoms with Gasteiger partial charge in [0.05, 0.1) is 23.5 Å². The molecule has 4 rings (SSSR count). The summed E-state index contributed by atoms with van der Waals surface area (Å²) in [7, 11) is 3.83. The first-order valence-corrected chi connectivity index (χ1v) is 21.7. The van der Waals surface area contributed by atoms with Gasteiger partial charge in [-0.05, 0) is 42.7 Å². The first-order valence-electron chi connectivity index (χ1n) is 21.7. The Kier molecular flexibility index (Phi) is 20.7. The van der Waals surface area contributed by atoms with Crippen molar-refractivity contribution in [1.29, 1.82) is 0 Å². The van der Waals surface area contributed by atoms with Crippen LogP contribution in [0.3, 0.4) is 0 Å². The van der Waals surface area contributed by atoms with Crippen LogP contribution in [-0.2, 0) is 25.7 Å². The van der Waals surface area contributed by atoms with Crippen molar-refractivity contribution in [3.8, 4) is 11.5 Å². The number of hydrogen-bond donors (Lipinski definition) is 4. The molecule has 1 aliphatic rings. The normalized spacial score (nSPS) is 13.5. The zero-order valence-electron chi connectivity index (χ0n) is 35.2. The van der Waals surface area contributed by atoms with Crippen molar-refractivity contribution in [2.24, 2.45) is 0 Å². The van der Waals surface area contributed by atoms with Crippen molar-refractivity contribution in [2.45, 2.75) is 135 Å². The van der Waals surface area contributed by atoms with Gasteiger partial charge in [-0.3, -0.25) is 19.2 Å². The number of nitrogens with one attached hydrogen (secondary N) is 4. The number of unbranched alkanes of at least 4 members (excludes halogenated alkanes) is 15. The molecule has 3 aromatic rings. The van der Waals surface area contributed by atoms with E-state index in [9.17, 15) is 19.2 Å². The van der Waals surface area contributed by atoms with E-state index in [0.29, 0.717) is 12.3 Å². The van der Waals surface area contributed by atoms with Gasteiger partial charge in [0.1, 0.15) is 18.4 Å². The molecule has 0 aliphatic carbocycles. The van der Waals surface area contributed by atoms with E-state index in [1.807, 2.05) is 67.5 Å². The first kappa shape index (κ1) is 45.8. The highest BCUT2D eigenvalue weighted by Gasteiger charge is 2.30. The van der Waals surface area contributed by atoms with Crippen LogP contribution < -0.4 is 30.9 Å². The predicted molar refractivity (Wildman–Crippen MR) is 234 cm³/mol. The van der Waals surface area contributed by atoms with Gasteiger partial charge in [-0.2, -0.15) is 0 Å². The van der Waals surface area contributed by atoms with Gasteiger partial charge in [0.25, 0.3) is 5.91 Å². The number of rotatable bonds is 28. The largest absolute Gasteiger partial charge is 0.455 e. The second-order valence-corrected chi connectivity index (χ2v) is 15.6. The lowest BCUT2D eigenvalue weighted by atomic mass is 10.0. The SMILES string of the molecule is CCCCCCCCCCCCCCCCCCNC(=O)CC[C@H]1NC(=O)c2cc(Oc3cccc(N(C)C)c3)c(NC(=O)COCc3ccccc3)cc2NC1=O. The van der Waals surface area contributed by atoms with Crippen LogP contribution in [0.1, 0.15) is 138 Å². The lowest BCUT2D eigenvalue weighted by molar-refractivity contribution is -0.122. The van der Waals surface area contributed by atoms with E-state index >= 15 is 0 Å². The molecule has 4 N–H and O–H groups in total. The number of carbonyl (C=O) groups is 4. The van der Waals surface area contributed by atoms with E-state index in [1.165, 1.54) is 102 Å². The van der Waals surface area contributed by atoms with E-state index in [1.54, 1.807) is 6.07 Å². The van der Waals surface area contributed by atoms with Crippen LogP contribution >= 0.6 is 0 Å². The molecule has 11 heteroatoms. The smallest absolute Gasteiger partial charge is 0.254 e. The summed E-state index contributed by atoms with van der Waals surface area (Å²) in [6, 6.07) is 19.0. The Morgan fingerprint density at radius 3 is 2.02 bits per heavy atom. The maximum Gasteiger partial charge on any atom is 0.254 e. The van der Waals surface area contributed by atoms with Gasteiger partial charge in [-0.1, -0.05) is 140 Å². The van der Waals surface area contributed by atoms with Crippen molar-refractivity contribution in [1.82, 2.24) is 10.6 Å². The molecular weight excluding hydrogens is 731 g/mol. The van der Waals surface area contributed by atoms with Gasteiger partial charge in [-0.15, -0.1) is 0 Å². The first-order chi connectivity index (χ1) is 28.2. The molecule has 0 unspecified atom stereocenters. The molecule has 0 radical (unpaired) electrons. The lowest BCUT2D eigenvalue weighted by Gasteiger charge is -2.17. The number of fused-ring (bicyclic) bond motifs is 1. The zero-order chi connectivity index (χ0) is 41.4. The van der Waals surface area contributed by atoms with Crippen LogP contribution in [-0.4, -0.2) is 56.9 Å². The van der Waals surface area contributed by atoms with Gasteiger partial charge >= 0.3 is 0 Å². The Balaban J connectivity index is 1.21. The molecule has 0 saturated heterocycles. The third-order valence-electron chi connectivity index (χ3n) is 10.4. The van der Waals surface area contributed by atoms with Gasteiger partial charge in [0.15, 0.2) is 5.75 Å². The van der Waals surface area contributed by atoms with Crippen molar-refractivity contribution < 1.29 is 28.7 Å². The lowest BCUT2D eigenvalue weighted by Crippen LogP contribution is -2.42. The summed E-state index contributed by atoms with van der Waals surface area (Å²) < 4.78 is 11.9. The summed E-state index contributed by atoms with van der Waals surface area (Å²) in [6.45, 7) is 2.90. The molecule has 0 bridgehead atoms. The highest BCUT2D eigenvalue weighted by molar-refractivity contribution is 6.11. The fraction of sp³-hybridized carbons (Fsp3) is 0.532. The number of benzene rings is 3. The molecule has 0 fully saturated rings. The van der Waals surface area contributed by atoms with Crippen LogP contribution in [0.5, 0.6) is 11.5 Å². The Hall–Kier alpha value is -4.90. The molecule has 1 aliphatic heterocycles. The topological polar surface area (TPSA) is 138 Å². The fourth-order valence-electron chi connectivity index (χ4n) is 7.02. The maximum atomic E-state index is 13.5. The van der Waals surface area contributed by atoms with E-state index in [0.717, 1.165) is 24.1 Å². The molecule has 1 heterocycles. The third-order valence-corrected chi connectivity index (χ3v) is 10.4. The highest BCUT2D eigenvalue weighted by Crippen LogP contribution is 2.37. The average molecular weight is 798 g/mol. The van der Waals surface area contributed by atoms with Crippen molar-refractivity contribution in [2.75, 3.05) is 42.8 Å². The van der Waals surface area contributed by atoms with Crippen LogP contribution in [0, 0.1) is 0 Å². The Labute approximate surface area is 346 Å². The average Bonchev–Trinajstić information content (AvgIpc) is 3.32. The number of carbonyl (C=O) groups excluding carboxylic acids is 4. The Bertz CT molecular complexity index is 1710. The second kappa shape index (κ2) is 26.2. The molecule has 58 heavy (non-hydrogen) atoms. The van der Waals surface area contributed by atoms with Gasteiger partial charge in [0.2, 0.25) is 17.7 Å². The van der Waals surface area contributed by atoms with E-state index in [4.69, 9.17) is 9.47 Å². The van der Waals surface area contributed by atoms with Crippen LogP contribution in [0.25, 0.3) is 0 Å². The Morgan fingerprint density at radius 2 is 1.38 bits per heavy atom. The summed E-state index contributed by atoms with van der Waals surface area (Å²) in [4.78, 5) is 54.6. The van der Waals surface area contributed by atoms with E-state index in [-0.39, 0.29) is 54.7 Å². The Morgan fingerprint density at radius 1 is 0.741 bits per heavy atom. The fourth-order valence-corrected chi connectivity index (χ4v) is 7.02. The monoisotopic (exact) mass is 798 g/mol. The van der Waals surface area contributed by atoms with E-state index < -0.39 is 23.8 Å². The number of hydrogen-bond acceptors (Lipinski definition) is 7. The van der Waals surface area contributed by atoms with Crippen LogP contribution in [0.4, 0.5) is 17.1 Å². The minimum absolute atomic E-state index is 0.0917. The maximum absolute atomic E-state index is 13.5. The molecule has 1 atom stereocenters. The number of anilines is 3. The highest BCUT2D eigenvalue weighted by atomic mass is 16.5. The molecule has 11 nitrogen and oxygen atoms in total. The molecule has 0 aromatic heterocycles. The summed E-state index contributed by atoms with van der Waals surface area (Å²) in [5.41, 5.74) is 2.46. The number of ether oxygens (including phenoxy) is 2. The number of nitrogens with zero attached hydrogens (tertiary/aromatic N) is 1. The van der Waals surface area contributed by atoms with Crippen molar-refractivity contribution in [3.05, 3.63) is 77.9 Å². The minimum atomic E-state index is -0.924. The van der Waals surface area contributed by atoms with Gasteiger partial charge < -0.3 is 35.6 Å². The molecule has 316 valence electrons. The predicted octanol–water partition coefficient (Wildman–Crippen LogP) is 9.91. The molecule has 0 spiro atoms. The number of amides is 4. The van der Waals surface area contributed by atoms with Crippen molar-refractivity contribution in [3.63, 3.8) is 0 Å². The van der Waals surface area contributed by atoms with Gasteiger partial charge in [0, 0.05) is 38.8 Å². The summed E-state index contributed by atoms with van der Waals surface area (Å²) in [6.07, 6.45) is 21.0. The van der Waals surface area contributed by atoms with Crippen LogP contribution in [0.2, 0.25) is 0 Å². The zero-order valence-corrected chi connectivity index (χ0v) is 35.2. The van der Waals surface area contributed by atoms with Crippen molar-refractivity contribution >= 4 is 40.7 Å². The summed E-state index contributed by atoms with van der Waals surface area (Å²) in [5.74, 6) is -0.835. The third kappa shape index (κ3) is 16.9. The summed E-state index contributed by atoms with van der Waals surface area (Å²) in [5, 5.41) is 11.4. The molecule has 3 aromatic carbocycles. The second-order valence-electron chi connectivity index (χ2n) is 15.6. The van der Waals surface area contributed by atoms with Gasteiger partial charge in [-0.25, -0.2) is 0 Å². The van der Waals surface area contributed by atoms with Crippen LogP contribution in [0.15, 0.2) is 66.7 Å².